The minimum Gasteiger partial charge on any atom is -0.342 e. The van der Waals surface area contributed by atoms with Crippen molar-refractivity contribution in [1.29, 1.82) is 5.26 Å². The largest absolute Gasteiger partial charge is 0.342 e. The molecule has 0 atom stereocenters. The van der Waals surface area contributed by atoms with Gasteiger partial charge in [-0.3, -0.25) is 4.79 Å². The predicted molar refractivity (Wildman–Crippen MR) is 68.3 cm³/mol. The summed E-state index contributed by atoms with van der Waals surface area (Å²) in [5, 5.41) is 13.8. The number of unbranched alkanes of at least 4 members (excludes halogenated alkanes) is 3. The second-order valence-corrected chi connectivity index (χ2v) is 4.50. The fourth-order valence-corrected chi connectivity index (χ4v) is 1.75. The zero-order valence-corrected chi connectivity index (χ0v) is 10.7. The Bertz CT molecular complexity index is 216. The third-order valence-corrected chi connectivity index (χ3v) is 2.80. The molecule has 0 saturated heterocycles. The van der Waals surface area contributed by atoms with E-state index in [1.54, 1.807) is 0 Å². The molecule has 1 amide bonds. The average Bonchev–Trinajstić information content (AvgIpc) is 2.30. The molecule has 0 aliphatic heterocycles. The van der Waals surface area contributed by atoms with Gasteiger partial charge in [-0.2, -0.15) is 17.0 Å². The molecule has 0 heterocycles. The topological polar surface area (TPSA) is 64.9 Å². The van der Waals surface area contributed by atoms with Crippen molar-refractivity contribution in [1.82, 2.24) is 10.6 Å². The maximum absolute atomic E-state index is 11.0. The third kappa shape index (κ3) is 11.3. The summed E-state index contributed by atoms with van der Waals surface area (Å²) in [6, 6.07) is 1.87. The molecule has 16 heavy (non-hydrogen) atoms. The van der Waals surface area contributed by atoms with Crippen LogP contribution in [0.5, 0.6) is 0 Å². The summed E-state index contributed by atoms with van der Waals surface area (Å²) in [5.41, 5.74) is 0. The Labute approximate surface area is 102 Å². The van der Waals surface area contributed by atoms with E-state index < -0.39 is 0 Å². The molecule has 0 bridgehead atoms. The molecular formula is C11H21N3OS. The van der Waals surface area contributed by atoms with E-state index in [-0.39, 0.29) is 12.5 Å². The van der Waals surface area contributed by atoms with Crippen molar-refractivity contribution in [2.24, 2.45) is 0 Å². The Hall–Kier alpha value is -0.730. The summed E-state index contributed by atoms with van der Waals surface area (Å²) < 4.78 is 0. The number of carbonyl (C=O) groups excluding carboxylic acids is 1. The molecule has 92 valence electrons. The van der Waals surface area contributed by atoms with Gasteiger partial charge in [-0.05, 0) is 31.4 Å². The van der Waals surface area contributed by atoms with Crippen molar-refractivity contribution < 1.29 is 4.79 Å². The van der Waals surface area contributed by atoms with E-state index in [1.165, 1.54) is 25.0 Å². The van der Waals surface area contributed by atoms with Crippen LogP contribution >= 0.6 is 11.8 Å². The number of rotatable bonds is 10. The first-order valence-electron chi connectivity index (χ1n) is 5.64. The standard InChI is InChI=1S/C11H21N3OS/c1-16-9-5-3-2-4-7-13-10-11(15)14-8-6-12/h13H,2-5,7-10H2,1H3,(H,14,15). The zero-order valence-electron chi connectivity index (χ0n) is 9.92. The van der Waals surface area contributed by atoms with Gasteiger partial charge in [-0.1, -0.05) is 12.8 Å². The highest BCUT2D eigenvalue weighted by Gasteiger charge is 1.98. The van der Waals surface area contributed by atoms with Crippen LogP contribution in [-0.4, -0.2) is 37.6 Å². The Morgan fingerprint density at radius 2 is 2.06 bits per heavy atom. The molecule has 0 rings (SSSR count). The molecular weight excluding hydrogens is 222 g/mol. The molecule has 2 N–H and O–H groups in total. The number of nitriles is 1. The smallest absolute Gasteiger partial charge is 0.234 e. The van der Waals surface area contributed by atoms with Gasteiger partial charge in [-0.15, -0.1) is 0 Å². The van der Waals surface area contributed by atoms with E-state index in [0.717, 1.165) is 13.0 Å². The van der Waals surface area contributed by atoms with Crippen LogP contribution in [0.25, 0.3) is 0 Å². The molecule has 0 aromatic rings. The number of hydrogen-bond acceptors (Lipinski definition) is 4. The SMILES string of the molecule is CSCCCCCCNCC(=O)NCC#N. The number of thioether (sulfide) groups is 1. The first-order chi connectivity index (χ1) is 7.81. The lowest BCUT2D eigenvalue weighted by Crippen LogP contribution is -2.34. The lowest BCUT2D eigenvalue weighted by Gasteiger charge is -2.04. The minimum absolute atomic E-state index is 0.0925. The van der Waals surface area contributed by atoms with Gasteiger partial charge in [0.2, 0.25) is 5.91 Å². The summed E-state index contributed by atoms with van der Waals surface area (Å²) >= 11 is 1.89. The van der Waals surface area contributed by atoms with E-state index in [2.05, 4.69) is 16.9 Å². The monoisotopic (exact) mass is 243 g/mol. The van der Waals surface area contributed by atoms with Crippen molar-refractivity contribution >= 4 is 17.7 Å². The van der Waals surface area contributed by atoms with Crippen molar-refractivity contribution in [2.75, 3.05) is 31.6 Å². The summed E-state index contributed by atoms with van der Waals surface area (Å²) in [4.78, 5) is 11.0. The van der Waals surface area contributed by atoms with Crippen LogP contribution in [0.2, 0.25) is 0 Å². The first kappa shape index (κ1) is 15.3. The van der Waals surface area contributed by atoms with Gasteiger partial charge in [0.25, 0.3) is 0 Å². The second-order valence-electron chi connectivity index (χ2n) is 3.52. The molecule has 0 saturated carbocycles. The number of carbonyl (C=O) groups is 1. The Morgan fingerprint density at radius 3 is 2.75 bits per heavy atom. The maximum Gasteiger partial charge on any atom is 0.234 e. The Kier molecular flexibility index (Phi) is 11.8. The first-order valence-corrected chi connectivity index (χ1v) is 7.04. The van der Waals surface area contributed by atoms with Crippen molar-refractivity contribution in [3.63, 3.8) is 0 Å². The third-order valence-electron chi connectivity index (χ3n) is 2.10. The quantitative estimate of drug-likeness (QED) is 0.446. The molecule has 0 radical (unpaired) electrons. The van der Waals surface area contributed by atoms with E-state index in [9.17, 15) is 4.79 Å². The molecule has 0 fully saturated rings. The van der Waals surface area contributed by atoms with Gasteiger partial charge < -0.3 is 10.6 Å². The van der Waals surface area contributed by atoms with Crippen LogP contribution < -0.4 is 10.6 Å². The Balaban J connectivity index is 3.09. The van der Waals surface area contributed by atoms with Crippen LogP contribution in [0.4, 0.5) is 0 Å². The normalized spacial score (nSPS) is 9.75. The van der Waals surface area contributed by atoms with Crippen LogP contribution in [-0.2, 0) is 4.79 Å². The van der Waals surface area contributed by atoms with Gasteiger partial charge in [0.15, 0.2) is 0 Å². The van der Waals surface area contributed by atoms with Gasteiger partial charge in [0.1, 0.15) is 6.54 Å². The molecule has 0 aromatic carbocycles. The second kappa shape index (κ2) is 12.3. The van der Waals surface area contributed by atoms with Crippen LogP contribution in [0.15, 0.2) is 0 Å². The van der Waals surface area contributed by atoms with Crippen LogP contribution in [0.3, 0.4) is 0 Å². The number of hydrogen-bond donors (Lipinski definition) is 2. The Morgan fingerprint density at radius 1 is 1.31 bits per heavy atom. The number of nitrogens with zero attached hydrogens (tertiary/aromatic N) is 1. The van der Waals surface area contributed by atoms with Gasteiger partial charge in [0, 0.05) is 0 Å². The molecule has 0 aliphatic rings. The van der Waals surface area contributed by atoms with Crippen molar-refractivity contribution in [2.45, 2.75) is 25.7 Å². The predicted octanol–water partition coefficient (Wildman–Crippen LogP) is 1.14. The van der Waals surface area contributed by atoms with Crippen LogP contribution in [0.1, 0.15) is 25.7 Å². The van der Waals surface area contributed by atoms with Gasteiger partial charge >= 0.3 is 0 Å². The fourth-order valence-electron chi connectivity index (χ4n) is 1.25. The van der Waals surface area contributed by atoms with E-state index >= 15 is 0 Å². The summed E-state index contributed by atoms with van der Waals surface area (Å²) in [7, 11) is 0. The van der Waals surface area contributed by atoms with E-state index in [0.29, 0.717) is 6.54 Å². The number of amides is 1. The van der Waals surface area contributed by atoms with E-state index in [4.69, 9.17) is 5.26 Å². The summed E-state index contributed by atoms with van der Waals surface area (Å²) in [6.45, 7) is 1.28. The highest BCUT2D eigenvalue weighted by molar-refractivity contribution is 7.98. The lowest BCUT2D eigenvalue weighted by atomic mass is 10.2. The molecule has 5 heteroatoms. The van der Waals surface area contributed by atoms with Gasteiger partial charge in [-0.25, -0.2) is 0 Å². The molecule has 0 unspecified atom stereocenters. The molecule has 4 nitrogen and oxygen atoms in total. The highest BCUT2D eigenvalue weighted by Crippen LogP contribution is 2.03. The highest BCUT2D eigenvalue weighted by atomic mass is 32.2. The maximum atomic E-state index is 11.0. The summed E-state index contributed by atoms with van der Waals surface area (Å²) in [6.07, 6.45) is 7.00. The zero-order chi connectivity index (χ0) is 12.1. The van der Waals surface area contributed by atoms with Crippen molar-refractivity contribution in [3.8, 4) is 6.07 Å². The fraction of sp³-hybridized carbons (Fsp3) is 0.818. The number of nitrogens with one attached hydrogen (secondary N) is 2. The van der Waals surface area contributed by atoms with Gasteiger partial charge in [0.05, 0.1) is 12.6 Å². The molecule has 0 spiro atoms. The van der Waals surface area contributed by atoms with Crippen LogP contribution in [0, 0.1) is 11.3 Å². The average molecular weight is 243 g/mol. The molecule has 0 aliphatic carbocycles. The van der Waals surface area contributed by atoms with E-state index in [1.807, 2.05) is 17.8 Å². The lowest BCUT2D eigenvalue weighted by molar-refractivity contribution is -0.120. The van der Waals surface area contributed by atoms with Crippen molar-refractivity contribution in [3.05, 3.63) is 0 Å². The summed E-state index contributed by atoms with van der Waals surface area (Å²) in [5.74, 6) is 1.13. The minimum atomic E-state index is -0.107. The molecule has 0 aromatic heterocycles.